The number of aromatic nitrogens is 2. The lowest BCUT2D eigenvalue weighted by Crippen LogP contribution is -2.27. The summed E-state index contributed by atoms with van der Waals surface area (Å²) in [7, 11) is 0. The van der Waals surface area contributed by atoms with Gasteiger partial charge in [0.2, 0.25) is 0 Å². The molecule has 1 aromatic heterocycles. The molecule has 5 heteroatoms. The maximum Gasteiger partial charge on any atom is 0.346 e. The molecular weight excluding hydrogens is 242 g/mol. The van der Waals surface area contributed by atoms with Crippen LogP contribution in [0.25, 0.3) is 11.3 Å². The molecule has 0 saturated carbocycles. The Morgan fingerprint density at radius 2 is 2.11 bits per heavy atom. The summed E-state index contributed by atoms with van der Waals surface area (Å²) in [4.78, 5) is 29.5. The first-order valence-electron chi connectivity index (χ1n) is 5.76. The Morgan fingerprint density at radius 1 is 1.37 bits per heavy atom. The predicted octanol–water partition coefficient (Wildman–Crippen LogP) is 1.35. The van der Waals surface area contributed by atoms with Gasteiger partial charge in [0.15, 0.2) is 0 Å². The Labute approximate surface area is 110 Å². The molecule has 0 aliphatic rings. The highest BCUT2D eigenvalue weighted by Crippen LogP contribution is 2.14. The number of amides is 1. The fourth-order valence-corrected chi connectivity index (χ4v) is 1.60. The Morgan fingerprint density at radius 3 is 2.79 bits per heavy atom. The molecule has 0 aliphatic carbocycles. The van der Waals surface area contributed by atoms with Crippen LogP contribution in [0.1, 0.15) is 10.5 Å². The number of H-pyrrole nitrogens is 1. The first-order chi connectivity index (χ1) is 9.20. The molecule has 1 heterocycles. The zero-order valence-electron chi connectivity index (χ0n) is 10.2. The minimum Gasteiger partial charge on any atom is -0.347 e. The minimum absolute atomic E-state index is 0.181. The molecule has 2 aromatic rings. The van der Waals surface area contributed by atoms with Crippen LogP contribution in [0.15, 0.2) is 53.8 Å². The molecule has 2 rings (SSSR count). The highest BCUT2D eigenvalue weighted by molar-refractivity contribution is 5.93. The van der Waals surface area contributed by atoms with Crippen molar-refractivity contribution in [1.29, 1.82) is 0 Å². The van der Waals surface area contributed by atoms with Crippen molar-refractivity contribution in [1.82, 2.24) is 15.3 Å². The molecule has 96 valence electrons. The molecule has 0 saturated heterocycles. The second-order valence-corrected chi connectivity index (χ2v) is 3.85. The molecule has 2 N–H and O–H groups in total. The van der Waals surface area contributed by atoms with Crippen LogP contribution in [-0.2, 0) is 0 Å². The van der Waals surface area contributed by atoms with Crippen molar-refractivity contribution in [3.05, 3.63) is 65.2 Å². The molecule has 0 aliphatic heterocycles. The van der Waals surface area contributed by atoms with Gasteiger partial charge in [0.05, 0.1) is 5.69 Å². The third kappa shape index (κ3) is 3.16. The number of aromatic amines is 1. The van der Waals surface area contributed by atoms with Gasteiger partial charge in [-0.3, -0.25) is 4.79 Å². The van der Waals surface area contributed by atoms with Crippen LogP contribution >= 0.6 is 0 Å². The summed E-state index contributed by atoms with van der Waals surface area (Å²) in [5.74, 6) is -0.364. The number of hydrogen-bond donors (Lipinski definition) is 2. The smallest absolute Gasteiger partial charge is 0.346 e. The highest BCUT2D eigenvalue weighted by Gasteiger charge is 2.09. The lowest BCUT2D eigenvalue weighted by atomic mass is 10.1. The predicted molar refractivity (Wildman–Crippen MR) is 72.8 cm³/mol. The van der Waals surface area contributed by atoms with E-state index in [4.69, 9.17) is 0 Å². The van der Waals surface area contributed by atoms with E-state index in [2.05, 4.69) is 21.9 Å². The molecule has 5 nitrogen and oxygen atoms in total. The zero-order chi connectivity index (χ0) is 13.7. The molecule has 0 bridgehead atoms. The van der Waals surface area contributed by atoms with E-state index >= 15 is 0 Å². The van der Waals surface area contributed by atoms with Gasteiger partial charge in [0.25, 0.3) is 5.91 Å². The minimum atomic E-state index is -0.551. The summed E-state index contributed by atoms with van der Waals surface area (Å²) in [6.45, 7) is 3.85. The maximum atomic E-state index is 11.8. The van der Waals surface area contributed by atoms with Crippen molar-refractivity contribution in [3.8, 4) is 11.3 Å². The number of hydrogen-bond acceptors (Lipinski definition) is 3. The first-order valence-corrected chi connectivity index (χ1v) is 5.76. The standard InChI is InChI=1S/C14H13N3O2/c1-2-8-15-13(18)12-9-11(16-14(19)17-12)10-6-4-3-5-7-10/h2-7,9H,1,8H2,(H,15,18)(H,16,17,19). The molecule has 0 spiro atoms. The number of rotatable bonds is 4. The van der Waals surface area contributed by atoms with E-state index in [1.54, 1.807) is 12.1 Å². The molecule has 0 fully saturated rings. The highest BCUT2D eigenvalue weighted by atomic mass is 16.2. The Balaban J connectivity index is 2.38. The zero-order valence-corrected chi connectivity index (χ0v) is 10.2. The fraction of sp³-hybridized carbons (Fsp3) is 0.0714. The van der Waals surface area contributed by atoms with Crippen LogP contribution in [0.2, 0.25) is 0 Å². The van der Waals surface area contributed by atoms with Gasteiger partial charge in [-0.25, -0.2) is 4.79 Å². The Bertz CT molecular complexity index is 647. The molecular formula is C14H13N3O2. The summed E-state index contributed by atoms with van der Waals surface area (Å²) in [6, 6.07) is 10.8. The van der Waals surface area contributed by atoms with Gasteiger partial charge in [0.1, 0.15) is 5.69 Å². The molecule has 1 amide bonds. The quantitative estimate of drug-likeness (QED) is 0.810. The van der Waals surface area contributed by atoms with Crippen molar-refractivity contribution < 1.29 is 4.79 Å². The topological polar surface area (TPSA) is 74.8 Å². The number of benzene rings is 1. The average molecular weight is 255 g/mol. The van der Waals surface area contributed by atoms with Crippen molar-refractivity contribution in [3.63, 3.8) is 0 Å². The van der Waals surface area contributed by atoms with Crippen LogP contribution in [-0.4, -0.2) is 22.4 Å². The van der Waals surface area contributed by atoms with Gasteiger partial charge in [-0.1, -0.05) is 36.4 Å². The molecule has 0 atom stereocenters. The normalized spacial score (nSPS) is 9.89. The summed E-state index contributed by atoms with van der Waals surface area (Å²) >= 11 is 0. The summed E-state index contributed by atoms with van der Waals surface area (Å²) in [5, 5.41) is 2.60. The summed E-state index contributed by atoms with van der Waals surface area (Å²) < 4.78 is 0. The van der Waals surface area contributed by atoms with Crippen LogP contribution in [0.5, 0.6) is 0 Å². The van der Waals surface area contributed by atoms with Crippen molar-refractivity contribution in [2.75, 3.05) is 6.54 Å². The monoisotopic (exact) mass is 255 g/mol. The van der Waals surface area contributed by atoms with E-state index in [0.29, 0.717) is 12.2 Å². The van der Waals surface area contributed by atoms with Gasteiger partial charge in [0, 0.05) is 12.1 Å². The largest absolute Gasteiger partial charge is 0.347 e. The van der Waals surface area contributed by atoms with Crippen LogP contribution in [0.3, 0.4) is 0 Å². The van der Waals surface area contributed by atoms with Gasteiger partial charge >= 0.3 is 5.69 Å². The lowest BCUT2D eigenvalue weighted by molar-refractivity contribution is 0.0952. The summed E-state index contributed by atoms with van der Waals surface area (Å²) in [5.41, 5.74) is 0.880. The second-order valence-electron chi connectivity index (χ2n) is 3.85. The van der Waals surface area contributed by atoms with Gasteiger partial charge in [-0.05, 0) is 6.07 Å². The fourth-order valence-electron chi connectivity index (χ4n) is 1.60. The number of nitrogens with zero attached hydrogens (tertiary/aromatic N) is 1. The van der Waals surface area contributed by atoms with Gasteiger partial charge in [-0.2, -0.15) is 4.98 Å². The third-order valence-electron chi connectivity index (χ3n) is 2.47. The molecule has 0 radical (unpaired) electrons. The Kier molecular flexibility index (Phi) is 3.87. The van der Waals surface area contributed by atoms with Crippen molar-refractivity contribution >= 4 is 5.91 Å². The Hall–Kier alpha value is -2.69. The lowest BCUT2D eigenvalue weighted by Gasteiger charge is -2.04. The van der Waals surface area contributed by atoms with E-state index in [1.807, 2.05) is 30.3 Å². The van der Waals surface area contributed by atoms with E-state index in [1.165, 1.54) is 0 Å². The van der Waals surface area contributed by atoms with Crippen LogP contribution in [0, 0.1) is 0 Å². The molecule has 19 heavy (non-hydrogen) atoms. The van der Waals surface area contributed by atoms with Crippen molar-refractivity contribution in [2.45, 2.75) is 0 Å². The van der Waals surface area contributed by atoms with Gasteiger partial charge < -0.3 is 10.3 Å². The van der Waals surface area contributed by atoms with Gasteiger partial charge in [-0.15, -0.1) is 6.58 Å². The SMILES string of the molecule is C=CCNC(=O)c1cc(-c2ccccc2)nc(=O)[nH]1. The summed E-state index contributed by atoms with van der Waals surface area (Å²) in [6.07, 6.45) is 1.56. The first kappa shape index (κ1) is 12.8. The van der Waals surface area contributed by atoms with Crippen LogP contribution < -0.4 is 11.0 Å². The average Bonchev–Trinajstić information content (AvgIpc) is 2.45. The molecule has 0 unspecified atom stereocenters. The van der Waals surface area contributed by atoms with E-state index < -0.39 is 5.69 Å². The maximum absolute atomic E-state index is 11.8. The van der Waals surface area contributed by atoms with Crippen LogP contribution in [0.4, 0.5) is 0 Å². The van der Waals surface area contributed by atoms with Crippen molar-refractivity contribution in [2.24, 2.45) is 0 Å². The van der Waals surface area contributed by atoms with E-state index in [0.717, 1.165) is 5.56 Å². The molecule has 1 aromatic carbocycles. The number of carbonyl (C=O) groups is 1. The second kappa shape index (κ2) is 5.77. The van der Waals surface area contributed by atoms with E-state index in [9.17, 15) is 9.59 Å². The van der Waals surface area contributed by atoms with E-state index in [-0.39, 0.29) is 11.6 Å². The number of nitrogens with one attached hydrogen (secondary N) is 2. The third-order valence-corrected chi connectivity index (χ3v) is 2.47. The number of carbonyl (C=O) groups excluding carboxylic acids is 1.